The molecule has 0 aliphatic carbocycles. The first-order valence-electron chi connectivity index (χ1n) is 4.68. The van der Waals surface area contributed by atoms with Crippen molar-refractivity contribution in [2.75, 3.05) is 11.6 Å². The second-order valence-electron chi connectivity index (χ2n) is 2.48. The lowest BCUT2D eigenvalue weighted by atomic mass is 10.3. The highest BCUT2D eigenvalue weighted by Gasteiger charge is 2.03. The van der Waals surface area contributed by atoms with Crippen LogP contribution in [0.5, 0.6) is 0 Å². The molecule has 2 rings (SSSR count). The molecular weight excluding hydrogens is 160 g/mol. The van der Waals surface area contributed by atoms with E-state index in [1.807, 2.05) is 44.4 Å². The fourth-order valence-corrected chi connectivity index (χ4v) is 1.14. The van der Waals surface area contributed by atoms with Gasteiger partial charge < -0.3 is 10.2 Å². The number of nitrogens with zero attached hydrogens (tertiary/aromatic N) is 1. The summed E-state index contributed by atoms with van der Waals surface area (Å²) in [5.41, 5.74) is 1.23. The maximum atomic E-state index is 3.12. The third-order valence-corrected chi connectivity index (χ3v) is 1.72. The molecule has 0 radical (unpaired) electrons. The molecule has 0 atom stereocenters. The molecule has 0 amide bonds. The van der Waals surface area contributed by atoms with Gasteiger partial charge in [0.15, 0.2) is 0 Å². The Kier molecular flexibility index (Phi) is 3.89. The monoisotopic (exact) mass is 176 g/mol. The van der Waals surface area contributed by atoms with Gasteiger partial charge in [0.2, 0.25) is 0 Å². The lowest BCUT2D eigenvalue weighted by Crippen LogP contribution is -2.19. The van der Waals surface area contributed by atoms with Crippen LogP contribution >= 0.6 is 0 Å². The summed E-state index contributed by atoms with van der Waals surface area (Å²) in [5, 5.41) is 3.12. The zero-order chi connectivity index (χ0) is 9.52. The Balaban J connectivity index is 0.000000396. The van der Waals surface area contributed by atoms with Gasteiger partial charge in [-0.2, -0.15) is 0 Å². The van der Waals surface area contributed by atoms with Crippen molar-refractivity contribution in [2.24, 2.45) is 0 Å². The zero-order valence-corrected chi connectivity index (χ0v) is 8.20. The SMILES string of the molecule is C1=CN(c2ccccc2)CN1.CC. The molecule has 1 aliphatic heterocycles. The van der Waals surface area contributed by atoms with Crippen molar-refractivity contribution in [3.05, 3.63) is 42.7 Å². The average Bonchev–Trinajstić information content (AvgIpc) is 2.75. The molecule has 70 valence electrons. The second kappa shape index (κ2) is 5.25. The first-order chi connectivity index (χ1) is 6.47. The number of hydrogen-bond donors (Lipinski definition) is 1. The molecule has 1 aromatic carbocycles. The second-order valence-corrected chi connectivity index (χ2v) is 2.48. The molecule has 0 saturated carbocycles. The van der Waals surface area contributed by atoms with Gasteiger partial charge in [0, 0.05) is 18.1 Å². The number of anilines is 1. The van der Waals surface area contributed by atoms with Gasteiger partial charge in [-0.3, -0.25) is 0 Å². The van der Waals surface area contributed by atoms with Crippen LogP contribution in [0.4, 0.5) is 5.69 Å². The average molecular weight is 176 g/mol. The van der Waals surface area contributed by atoms with Gasteiger partial charge in [0.1, 0.15) is 0 Å². The molecule has 1 heterocycles. The van der Waals surface area contributed by atoms with Gasteiger partial charge in [-0.05, 0) is 12.1 Å². The van der Waals surface area contributed by atoms with Gasteiger partial charge >= 0.3 is 0 Å². The smallest absolute Gasteiger partial charge is 0.0916 e. The Bertz CT molecular complexity index is 254. The first-order valence-corrected chi connectivity index (χ1v) is 4.68. The minimum Gasteiger partial charge on any atom is -0.372 e. The van der Waals surface area contributed by atoms with Crippen molar-refractivity contribution < 1.29 is 0 Å². The van der Waals surface area contributed by atoms with Gasteiger partial charge in [-0.15, -0.1) is 0 Å². The van der Waals surface area contributed by atoms with Crippen LogP contribution in [0.15, 0.2) is 42.7 Å². The molecule has 0 saturated heterocycles. The van der Waals surface area contributed by atoms with E-state index in [9.17, 15) is 0 Å². The Morgan fingerprint density at radius 3 is 2.38 bits per heavy atom. The minimum absolute atomic E-state index is 0.879. The predicted molar refractivity (Wildman–Crippen MR) is 57.4 cm³/mol. The highest BCUT2D eigenvalue weighted by Crippen LogP contribution is 2.13. The molecule has 0 aromatic heterocycles. The van der Waals surface area contributed by atoms with Crippen LogP contribution < -0.4 is 10.2 Å². The van der Waals surface area contributed by atoms with Crippen LogP contribution in [-0.2, 0) is 0 Å². The lowest BCUT2D eigenvalue weighted by molar-refractivity contribution is 0.901. The summed E-state index contributed by atoms with van der Waals surface area (Å²) < 4.78 is 0. The van der Waals surface area contributed by atoms with Crippen molar-refractivity contribution in [1.29, 1.82) is 0 Å². The first kappa shape index (κ1) is 9.65. The van der Waals surface area contributed by atoms with E-state index in [1.165, 1.54) is 5.69 Å². The van der Waals surface area contributed by atoms with Crippen LogP contribution in [0.2, 0.25) is 0 Å². The topological polar surface area (TPSA) is 15.3 Å². The number of benzene rings is 1. The fourth-order valence-electron chi connectivity index (χ4n) is 1.14. The van der Waals surface area contributed by atoms with Crippen LogP contribution in [0, 0.1) is 0 Å². The Morgan fingerprint density at radius 1 is 1.15 bits per heavy atom. The number of rotatable bonds is 1. The number of para-hydroxylation sites is 1. The molecule has 2 heteroatoms. The molecule has 1 aromatic rings. The van der Waals surface area contributed by atoms with E-state index in [-0.39, 0.29) is 0 Å². The molecule has 1 N–H and O–H groups in total. The van der Waals surface area contributed by atoms with Gasteiger partial charge in [0.05, 0.1) is 6.67 Å². The maximum absolute atomic E-state index is 3.12. The van der Waals surface area contributed by atoms with E-state index in [2.05, 4.69) is 22.3 Å². The van der Waals surface area contributed by atoms with E-state index in [0.717, 1.165) is 6.67 Å². The Hall–Kier alpha value is -1.44. The van der Waals surface area contributed by atoms with E-state index in [4.69, 9.17) is 0 Å². The quantitative estimate of drug-likeness (QED) is 0.707. The van der Waals surface area contributed by atoms with Crippen LogP contribution in [0.1, 0.15) is 13.8 Å². The molecule has 13 heavy (non-hydrogen) atoms. The third-order valence-electron chi connectivity index (χ3n) is 1.72. The van der Waals surface area contributed by atoms with Crippen LogP contribution in [0.3, 0.4) is 0 Å². The normalized spacial score (nSPS) is 13.2. The van der Waals surface area contributed by atoms with E-state index in [1.54, 1.807) is 0 Å². The van der Waals surface area contributed by atoms with Crippen molar-refractivity contribution in [3.63, 3.8) is 0 Å². The summed E-state index contributed by atoms with van der Waals surface area (Å²) >= 11 is 0. The molecular formula is C11H16N2. The minimum atomic E-state index is 0.879. The molecule has 0 fully saturated rings. The summed E-state index contributed by atoms with van der Waals surface area (Å²) in [7, 11) is 0. The molecule has 0 unspecified atom stereocenters. The summed E-state index contributed by atoms with van der Waals surface area (Å²) in [4.78, 5) is 2.15. The van der Waals surface area contributed by atoms with Crippen molar-refractivity contribution in [3.8, 4) is 0 Å². The summed E-state index contributed by atoms with van der Waals surface area (Å²) in [6, 6.07) is 10.3. The molecule has 0 spiro atoms. The fraction of sp³-hybridized carbons (Fsp3) is 0.273. The van der Waals surface area contributed by atoms with Crippen molar-refractivity contribution >= 4 is 5.69 Å². The van der Waals surface area contributed by atoms with E-state index < -0.39 is 0 Å². The van der Waals surface area contributed by atoms with E-state index >= 15 is 0 Å². The highest BCUT2D eigenvalue weighted by molar-refractivity contribution is 5.49. The highest BCUT2D eigenvalue weighted by atomic mass is 15.2. The van der Waals surface area contributed by atoms with Gasteiger partial charge in [0.25, 0.3) is 0 Å². The molecule has 1 aliphatic rings. The van der Waals surface area contributed by atoms with Gasteiger partial charge in [-0.1, -0.05) is 32.0 Å². The third kappa shape index (κ3) is 2.51. The van der Waals surface area contributed by atoms with Crippen LogP contribution in [0.25, 0.3) is 0 Å². The van der Waals surface area contributed by atoms with Gasteiger partial charge in [-0.25, -0.2) is 0 Å². The molecule has 2 nitrogen and oxygen atoms in total. The number of hydrogen-bond acceptors (Lipinski definition) is 2. The summed E-state index contributed by atoms with van der Waals surface area (Å²) in [5.74, 6) is 0. The van der Waals surface area contributed by atoms with Crippen molar-refractivity contribution in [2.45, 2.75) is 13.8 Å². The van der Waals surface area contributed by atoms with Crippen LogP contribution in [-0.4, -0.2) is 6.67 Å². The summed E-state index contributed by atoms with van der Waals surface area (Å²) in [6.45, 7) is 4.88. The number of nitrogens with one attached hydrogen (secondary N) is 1. The maximum Gasteiger partial charge on any atom is 0.0916 e. The molecule has 0 bridgehead atoms. The largest absolute Gasteiger partial charge is 0.372 e. The van der Waals surface area contributed by atoms with E-state index in [0.29, 0.717) is 0 Å². The zero-order valence-electron chi connectivity index (χ0n) is 8.20. The predicted octanol–water partition coefficient (Wildman–Crippen LogP) is 2.55. The summed E-state index contributed by atoms with van der Waals surface area (Å²) in [6.07, 6.45) is 3.99. The Labute approximate surface area is 79.9 Å². The Morgan fingerprint density at radius 2 is 1.85 bits per heavy atom. The lowest BCUT2D eigenvalue weighted by Gasteiger charge is -2.13. The standard InChI is InChI=1S/C9H10N2.C2H6/c1-2-4-9(5-3-1)11-7-6-10-8-11;1-2/h1-7,10H,8H2;1-2H3. The van der Waals surface area contributed by atoms with Crippen molar-refractivity contribution in [1.82, 2.24) is 5.32 Å².